The topological polar surface area (TPSA) is 73.3 Å². The second kappa shape index (κ2) is 8.65. The van der Waals surface area contributed by atoms with E-state index in [1.165, 1.54) is 11.9 Å². The van der Waals surface area contributed by atoms with Crippen molar-refractivity contribution in [2.45, 2.75) is 19.8 Å². The van der Waals surface area contributed by atoms with Crippen molar-refractivity contribution < 1.29 is 19.0 Å². The van der Waals surface area contributed by atoms with Crippen molar-refractivity contribution in [2.24, 2.45) is 5.10 Å². The number of methoxy groups -OCH3 is 1. The van der Waals surface area contributed by atoms with Crippen LogP contribution in [0.15, 0.2) is 78.2 Å². The second-order valence-corrected chi connectivity index (χ2v) is 6.67. The van der Waals surface area contributed by atoms with Crippen LogP contribution in [0.4, 0.5) is 0 Å². The highest BCUT2D eigenvalue weighted by molar-refractivity contribution is 5.96. The minimum absolute atomic E-state index is 0.235. The lowest BCUT2D eigenvalue weighted by atomic mass is 10.1. The van der Waals surface area contributed by atoms with E-state index in [-0.39, 0.29) is 5.91 Å². The van der Waals surface area contributed by atoms with Gasteiger partial charge in [-0.2, -0.15) is 5.01 Å². The monoisotopic (exact) mass is 403 g/mol. The Kier molecular flexibility index (Phi) is 5.61. The van der Waals surface area contributed by atoms with Gasteiger partial charge in [0.2, 0.25) is 18.0 Å². The van der Waals surface area contributed by atoms with E-state index < -0.39 is 6.23 Å². The molecule has 0 unspecified atom stereocenters. The summed E-state index contributed by atoms with van der Waals surface area (Å²) in [5.74, 6) is 1.25. The number of carbonyl (C=O) groups is 1. The Balaban J connectivity index is 1.60. The first-order chi connectivity index (χ1) is 14.7. The molecule has 0 fully saturated rings. The summed E-state index contributed by atoms with van der Waals surface area (Å²) < 4.78 is 17.4. The lowest BCUT2D eigenvalue weighted by molar-refractivity contribution is -0.135. The fourth-order valence-electron chi connectivity index (χ4n) is 3.08. The van der Waals surface area contributed by atoms with Crippen LogP contribution in [0.25, 0.3) is 0 Å². The van der Waals surface area contributed by atoms with Gasteiger partial charge in [-0.1, -0.05) is 30.3 Å². The van der Waals surface area contributed by atoms with Crippen LogP contribution in [-0.4, -0.2) is 28.9 Å². The van der Waals surface area contributed by atoms with Gasteiger partial charge >= 0.3 is 0 Å². The first-order valence-corrected chi connectivity index (χ1v) is 9.46. The second-order valence-electron chi connectivity index (χ2n) is 6.67. The summed E-state index contributed by atoms with van der Waals surface area (Å²) in [5, 5.41) is 5.66. The number of carbonyl (C=O) groups excluding carboxylic acids is 1. The summed E-state index contributed by atoms with van der Waals surface area (Å²) in [5.41, 5.74) is 2.45. The average Bonchev–Trinajstić information content (AvgIpc) is 3.25. The molecule has 0 bridgehead atoms. The number of benzene rings is 2. The minimum Gasteiger partial charge on any atom is -0.493 e. The van der Waals surface area contributed by atoms with Gasteiger partial charge in [-0.25, -0.2) is 0 Å². The van der Waals surface area contributed by atoms with Gasteiger partial charge in [-0.3, -0.25) is 9.78 Å². The summed E-state index contributed by atoms with van der Waals surface area (Å²) >= 11 is 0. The first-order valence-electron chi connectivity index (χ1n) is 9.46. The fraction of sp³-hybridized carbons (Fsp3) is 0.174. The first kappa shape index (κ1) is 19.4. The third-order valence-corrected chi connectivity index (χ3v) is 4.59. The maximum atomic E-state index is 12.2. The van der Waals surface area contributed by atoms with E-state index in [2.05, 4.69) is 10.1 Å². The van der Waals surface area contributed by atoms with Gasteiger partial charge in [0.1, 0.15) is 6.61 Å². The summed E-state index contributed by atoms with van der Waals surface area (Å²) in [6.45, 7) is 1.84. The summed E-state index contributed by atoms with van der Waals surface area (Å²) in [6.07, 6.45) is 2.60. The highest BCUT2D eigenvalue weighted by atomic mass is 16.5. The van der Waals surface area contributed by atoms with E-state index in [1.54, 1.807) is 31.6 Å². The molecule has 30 heavy (non-hydrogen) atoms. The van der Waals surface area contributed by atoms with Crippen LogP contribution < -0.4 is 9.47 Å². The maximum absolute atomic E-state index is 12.2. The largest absolute Gasteiger partial charge is 0.493 e. The molecule has 4 rings (SSSR count). The molecule has 1 aliphatic rings. The molecule has 2 aromatic carbocycles. The number of hydrazone groups is 1. The van der Waals surface area contributed by atoms with E-state index in [1.807, 2.05) is 48.5 Å². The molecule has 0 aliphatic carbocycles. The van der Waals surface area contributed by atoms with Gasteiger partial charge in [0.25, 0.3) is 0 Å². The Bertz CT molecular complexity index is 1050. The standard InChI is InChI=1S/C23H21N3O4/c1-16(27)26-23(30-22(25-26)19-9-6-12-24-14-19)18-10-11-20(28-2)21(13-18)29-15-17-7-4-3-5-8-17/h3-14,23H,15H2,1-2H3/t23-/m1/s1. The SMILES string of the molecule is COc1ccc([C@H]2OC(c3cccnc3)=NN2C(C)=O)cc1OCc1ccccc1. The van der Waals surface area contributed by atoms with Gasteiger partial charge in [0, 0.05) is 24.9 Å². The van der Waals surface area contributed by atoms with Gasteiger partial charge in [0.05, 0.1) is 12.7 Å². The number of nitrogens with zero attached hydrogens (tertiary/aromatic N) is 3. The van der Waals surface area contributed by atoms with Gasteiger partial charge in [0.15, 0.2) is 11.5 Å². The molecule has 1 aromatic heterocycles. The fourth-order valence-corrected chi connectivity index (χ4v) is 3.08. The molecule has 1 atom stereocenters. The molecule has 3 aromatic rings. The van der Waals surface area contributed by atoms with E-state index in [0.717, 1.165) is 11.1 Å². The molecule has 7 heteroatoms. The lowest BCUT2D eigenvalue weighted by Gasteiger charge is -2.21. The van der Waals surface area contributed by atoms with Gasteiger partial charge in [-0.05, 0) is 35.9 Å². The minimum atomic E-state index is -0.706. The van der Waals surface area contributed by atoms with E-state index in [4.69, 9.17) is 14.2 Å². The Morgan fingerprint density at radius 3 is 2.63 bits per heavy atom. The maximum Gasteiger partial charge on any atom is 0.243 e. The van der Waals surface area contributed by atoms with E-state index in [9.17, 15) is 4.79 Å². The normalized spacial score (nSPS) is 15.3. The van der Waals surface area contributed by atoms with Crippen molar-refractivity contribution in [3.63, 3.8) is 0 Å². The van der Waals surface area contributed by atoms with Crippen molar-refractivity contribution in [1.29, 1.82) is 0 Å². The number of ether oxygens (including phenoxy) is 3. The smallest absolute Gasteiger partial charge is 0.243 e. The molecule has 7 nitrogen and oxygen atoms in total. The van der Waals surface area contributed by atoms with Gasteiger partial charge in [-0.15, -0.1) is 5.10 Å². The number of hydrogen-bond acceptors (Lipinski definition) is 6. The quantitative estimate of drug-likeness (QED) is 0.624. The van der Waals surface area contributed by atoms with Crippen LogP contribution in [-0.2, 0) is 16.1 Å². The zero-order valence-corrected chi connectivity index (χ0v) is 16.7. The molecule has 0 radical (unpaired) electrons. The van der Waals surface area contributed by atoms with E-state index in [0.29, 0.717) is 29.6 Å². The molecular formula is C23H21N3O4. The van der Waals surface area contributed by atoms with Crippen molar-refractivity contribution >= 4 is 11.8 Å². The molecule has 152 valence electrons. The van der Waals surface area contributed by atoms with Crippen LogP contribution in [0, 0.1) is 0 Å². The molecule has 0 spiro atoms. The zero-order valence-electron chi connectivity index (χ0n) is 16.7. The third kappa shape index (κ3) is 4.10. The van der Waals surface area contributed by atoms with Crippen molar-refractivity contribution in [3.05, 3.63) is 89.7 Å². The summed E-state index contributed by atoms with van der Waals surface area (Å²) in [7, 11) is 1.59. The lowest BCUT2D eigenvalue weighted by Crippen LogP contribution is -2.25. The number of hydrogen-bond donors (Lipinski definition) is 0. The van der Waals surface area contributed by atoms with Crippen molar-refractivity contribution in [2.75, 3.05) is 7.11 Å². The average molecular weight is 403 g/mol. The molecule has 0 saturated heterocycles. The predicted octanol–water partition coefficient (Wildman–Crippen LogP) is 3.91. The Labute approximate surface area is 174 Å². The van der Waals surface area contributed by atoms with E-state index >= 15 is 0 Å². The van der Waals surface area contributed by atoms with Gasteiger partial charge < -0.3 is 14.2 Å². The summed E-state index contributed by atoms with van der Waals surface area (Å²) in [4.78, 5) is 16.3. The Morgan fingerprint density at radius 2 is 1.93 bits per heavy atom. The highest BCUT2D eigenvalue weighted by Gasteiger charge is 2.33. The zero-order chi connectivity index (χ0) is 20.9. The molecule has 1 aliphatic heterocycles. The molecule has 2 heterocycles. The molecular weight excluding hydrogens is 382 g/mol. The molecule has 1 amide bonds. The van der Waals surface area contributed by atoms with Crippen LogP contribution >= 0.6 is 0 Å². The van der Waals surface area contributed by atoms with Crippen LogP contribution in [0.1, 0.15) is 29.8 Å². The Morgan fingerprint density at radius 1 is 1.10 bits per heavy atom. The highest BCUT2D eigenvalue weighted by Crippen LogP contribution is 2.36. The third-order valence-electron chi connectivity index (χ3n) is 4.59. The molecule has 0 N–H and O–H groups in total. The van der Waals surface area contributed by atoms with Crippen molar-refractivity contribution in [3.8, 4) is 11.5 Å². The number of aromatic nitrogens is 1. The summed E-state index contributed by atoms with van der Waals surface area (Å²) in [6, 6.07) is 18.9. The Hall–Kier alpha value is -3.87. The van der Waals surface area contributed by atoms with Crippen LogP contribution in [0.5, 0.6) is 11.5 Å². The van der Waals surface area contributed by atoms with Crippen molar-refractivity contribution in [1.82, 2.24) is 9.99 Å². The predicted molar refractivity (Wildman–Crippen MR) is 111 cm³/mol. The number of amides is 1. The number of pyridine rings is 1. The number of rotatable bonds is 6. The molecule has 0 saturated carbocycles. The van der Waals surface area contributed by atoms with Crippen LogP contribution in [0.2, 0.25) is 0 Å². The van der Waals surface area contributed by atoms with Crippen LogP contribution in [0.3, 0.4) is 0 Å².